The lowest BCUT2D eigenvalue weighted by Gasteiger charge is -2.39. The van der Waals surface area contributed by atoms with E-state index in [0.717, 1.165) is 18.3 Å². The van der Waals surface area contributed by atoms with Crippen molar-refractivity contribution in [3.05, 3.63) is 53.4 Å². The summed E-state index contributed by atoms with van der Waals surface area (Å²) in [6.45, 7) is 3.76. The second-order valence-corrected chi connectivity index (χ2v) is 6.35. The van der Waals surface area contributed by atoms with Gasteiger partial charge < -0.3 is 4.90 Å². The zero-order valence-corrected chi connectivity index (χ0v) is 14.7. The molecule has 9 heteroatoms. The predicted molar refractivity (Wildman–Crippen MR) is 90.2 cm³/mol. The summed E-state index contributed by atoms with van der Waals surface area (Å²) in [5.74, 6) is -1.19. The maximum atomic E-state index is 14.1. The van der Waals surface area contributed by atoms with E-state index in [1.807, 2.05) is 11.8 Å². The summed E-state index contributed by atoms with van der Waals surface area (Å²) in [5.41, 5.74) is -0.558. The highest BCUT2D eigenvalue weighted by atomic mass is 19.4. The molecular weight excluding hydrogens is 367 g/mol. The number of halogens is 5. The first-order valence-corrected chi connectivity index (χ1v) is 8.63. The number of nitrogens with zero attached hydrogens (tertiary/aromatic N) is 4. The second-order valence-electron chi connectivity index (χ2n) is 6.35. The van der Waals surface area contributed by atoms with Gasteiger partial charge in [0.15, 0.2) is 0 Å². The SMILES string of the molecule is CCC(c1ccc(F)cc1F)N1CCN(c2nccc(C(F)(F)F)n2)CC1. The van der Waals surface area contributed by atoms with Gasteiger partial charge in [0.25, 0.3) is 0 Å². The largest absolute Gasteiger partial charge is 0.433 e. The van der Waals surface area contributed by atoms with Gasteiger partial charge in [-0.05, 0) is 18.6 Å². The molecule has 4 nitrogen and oxygen atoms in total. The molecule has 0 radical (unpaired) electrons. The third-order valence-corrected chi connectivity index (χ3v) is 4.68. The van der Waals surface area contributed by atoms with Gasteiger partial charge in [0.05, 0.1) is 0 Å². The van der Waals surface area contributed by atoms with Crippen molar-refractivity contribution >= 4 is 5.95 Å². The summed E-state index contributed by atoms with van der Waals surface area (Å²) in [6, 6.07) is 4.15. The lowest BCUT2D eigenvalue weighted by molar-refractivity contribution is -0.141. The molecule has 2 aromatic rings. The van der Waals surface area contributed by atoms with Crippen LogP contribution in [0.1, 0.15) is 30.6 Å². The second kappa shape index (κ2) is 7.75. The molecule has 0 amide bonds. The molecule has 1 aliphatic heterocycles. The van der Waals surface area contributed by atoms with Crippen LogP contribution >= 0.6 is 0 Å². The molecule has 1 fully saturated rings. The summed E-state index contributed by atoms with van der Waals surface area (Å²) in [4.78, 5) is 11.3. The molecule has 0 bridgehead atoms. The van der Waals surface area contributed by atoms with Gasteiger partial charge in [-0.2, -0.15) is 13.2 Å². The van der Waals surface area contributed by atoms with Crippen LogP contribution in [0.3, 0.4) is 0 Å². The Balaban J connectivity index is 1.71. The molecular formula is C18H19F5N4. The van der Waals surface area contributed by atoms with Crippen molar-refractivity contribution in [3.63, 3.8) is 0 Å². The topological polar surface area (TPSA) is 32.3 Å². The highest BCUT2D eigenvalue weighted by Crippen LogP contribution is 2.30. The third-order valence-electron chi connectivity index (χ3n) is 4.68. The van der Waals surface area contributed by atoms with Crippen LogP contribution in [0.4, 0.5) is 27.9 Å². The van der Waals surface area contributed by atoms with E-state index in [1.165, 1.54) is 12.1 Å². The van der Waals surface area contributed by atoms with Crippen molar-refractivity contribution < 1.29 is 22.0 Å². The molecule has 27 heavy (non-hydrogen) atoms. The van der Waals surface area contributed by atoms with E-state index in [9.17, 15) is 22.0 Å². The lowest BCUT2D eigenvalue weighted by atomic mass is 10.0. The molecule has 1 aromatic heterocycles. The molecule has 0 aliphatic carbocycles. The van der Waals surface area contributed by atoms with Crippen LogP contribution in [0.15, 0.2) is 30.5 Å². The van der Waals surface area contributed by atoms with Crippen molar-refractivity contribution in [3.8, 4) is 0 Å². The molecule has 1 unspecified atom stereocenters. The van der Waals surface area contributed by atoms with Gasteiger partial charge in [-0.1, -0.05) is 13.0 Å². The number of rotatable bonds is 4. The zero-order valence-electron chi connectivity index (χ0n) is 14.7. The molecule has 2 heterocycles. The lowest BCUT2D eigenvalue weighted by Crippen LogP contribution is -2.48. The molecule has 1 atom stereocenters. The van der Waals surface area contributed by atoms with Crippen LogP contribution in [0.2, 0.25) is 0 Å². The number of alkyl halides is 3. The average Bonchev–Trinajstić information content (AvgIpc) is 2.64. The Hall–Kier alpha value is -2.29. The Morgan fingerprint density at radius 1 is 1.07 bits per heavy atom. The van der Waals surface area contributed by atoms with E-state index in [-0.39, 0.29) is 12.0 Å². The summed E-state index contributed by atoms with van der Waals surface area (Å²) < 4.78 is 65.8. The minimum Gasteiger partial charge on any atom is -0.338 e. The fourth-order valence-electron chi connectivity index (χ4n) is 3.34. The van der Waals surface area contributed by atoms with Gasteiger partial charge in [-0.15, -0.1) is 0 Å². The van der Waals surface area contributed by atoms with E-state index in [4.69, 9.17) is 0 Å². The average molecular weight is 386 g/mol. The zero-order chi connectivity index (χ0) is 19.6. The molecule has 146 valence electrons. The van der Waals surface area contributed by atoms with Crippen molar-refractivity contribution in [2.45, 2.75) is 25.6 Å². The summed E-state index contributed by atoms with van der Waals surface area (Å²) in [6.07, 6.45) is -2.80. The molecule has 0 saturated carbocycles. The van der Waals surface area contributed by atoms with E-state index in [2.05, 4.69) is 9.97 Å². The molecule has 0 spiro atoms. The highest BCUT2D eigenvalue weighted by Gasteiger charge is 2.34. The van der Waals surface area contributed by atoms with E-state index >= 15 is 0 Å². The van der Waals surface area contributed by atoms with E-state index in [0.29, 0.717) is 38.2 Å². The Kier molecular flexibility index (Phi) is 5.59. The summed E-state index contributed by atoms with van der Waals surface area (Å²) in [5, 5.41) is 0. The van der Waals surface area contributed by atoms with E-state index < -0.39 is 23.5 Å². The maximum Gasteiger partial charge on any atom is 0.433 e. The smallest absolute Gasteiger partial charge is 0.338 e. The standard InChI is InChI=1S/C18H19F5N4/c1-2-15(13-4-3-12(19)11-14(13)20)26-7-9-27(10-8-26)17-24-6-5-16(25-17)18(21,22)23/h3-6,11,15H,2,7-10H2,1H3. The normalized spacial score (nSPS) is 17.2. The van der Waals surface area contributed by atoms with Crippen LogP contribution in [-0.2, 0) is 6.18 Å². The van der Waals surface area contributed by atoms with Crippen LogP contribution in [0, 0.1) is 11.6 Å². The van der Waals surface area contributed by atoms with Gasteiger partial charge in [0.2, 0.25) is 5.95 Å². The summed E-state index contributed by atoms with van der Waals surface area (Å²) >= 11 is 0. The Morgan fingerprint density at radius 2 is 1.78 bits per heavy atom. The minimum absolute atomic E-state index is 0.0329. The number of hydrogen-bond donors (Lipinski definition) is 0. The number of hydrogen-bond acceptors (Lipinski definition) is 4. The molecule has 3 rings (SSSR count). The monoisotopic (exact) mass is 386 g/mol. The number of aromatic nitrogens is 2. The molecule has 0 N–H and O–H groups in total. The third kappa shape index (κ3) is 4.35. The van der Waals surface area contributed by atoms with Gasteiger partial charge in [0, 0.05) is 50.0 Å². The minimum atomic E-state index is -4.52. The van der Waals surface area contributed by atoms with Crippen molar-refractivity contribution in [1.82, 2.24) is 14.9 Å². The number of anilines is 1. The first-order chi connectivity index (χ1) is 12.8. The van der Waals surface area contributed by atoms with Crippen molar-refractivity contribution in [2.75, 3.05) is 31.1 Å². The molecule has 1 saturated heterocycles. The first-order valence-electron chi connectivity index (χ1n) is 8.63. The Labute approximate surface area is 153 Å². The van der Waals surface area contributed by atoms with E-state index in [1.54, 1.807) is 4.90 Å². The predicted octanol–water partition coefficient (Wildman–Crippen LogP) is 4.05. The maximum absolute atomic E-state index is 14.1. The van der Waals surface area contributed by atoms with Crippen molar-refractivity contribution in [2.24, 2.45) is 0 Å². The van der Waals surface area contributed by atoms with Gasteiger partial charge in [0.1, 0.15) is 17.3 Å². The highest BCUT2D eigenvalue weighted by molar-refractivity contribution is 5.32. The molecule has 1 aliphatic rings. The van der Waals surface area contributed by atoms with Crippen LogP contribution < -0.4 is 4.90 Å². The number of piperazine rings is 1. The Bertz CT molecular complexity index is 788. The molecule has 1 aromatic carbocycles. The fraction of sp³-hybridized carbons (Fsp3) is 0.444. The fourth-order valence-corrected chi connectivity index (χ4v) is 3.34. The quantitative estimate of drug-likeness (QED) is 0.743. The van der Waals surface area contributed by atoms with Crippen LogP contribution in [0.5, 0.6) is 0 Å². The van der Waals surface area contributed by atoms with Gasteiger partial charge in [-0.25, -0.2) is 18.7 Å². The summed E-state index contributed by atoms with van der Waals surface area (Å²) in [7, 11) is 0. The Morgan fingerprint density at radius 3 is 2.37 bits per heavy atom. The first kappa shape index (κ1) is 19.5. The van der Waals surface area contributed by atoms with Gasteiger partial charge >= 0.3 is 6.18 Å². The van der Waals surface area contributed by atoms with Crippen LogP contribution in [0.25, 0.3) is 0 Å². The van der Waals surface area contributed by atoms with Gasteiger partial charge in [-0.3, -0.25) is 4.90 Å². The van der Waals surface area contributed by atoms with Crippen molar-refractivity contribution in [1.29, 1.82) is 0 Å². The number of benzene rings is 1. The van der Waals surface area contributed by atoms with Crippen LogP contribution in [-0.4, -0.2) is 41.0 Å².